The van der Waals surface area contributed by atoms with Crippen molar-refractivity contribution in [2.45, 2.75) is 29.7 Å². The molecule has 0 amide bonds. The van der Waals surface area contributed by atoms with E-state index in [-0.39, 0.29) is 49.7 Å². The van der Waals surface area contributed by atoms with Gasteiger partial charge in [0.25, 0.3) is 20.0 Å². The third-order valence-electron chi connectivity index (χ3n) is 0.333. The van der Waals surface area contributed by atoms with Gasteiger partial charge in [-0.3, -0.25) is 0 Å². The molecule has 0 saturated carbocycles. The molecule has 0 N–H and O–H groups in total. The molecule has 1 aliphatic rings. The van der Waals surface area contributed by atoms with E-state index in [2.05, 4.69) is 0 Å². The van der Waals surface area contributed by atoms with Gasteiger partial charge in [-0.15, -0.1) is 0 Å². The minimum absolute atomic E-state index is 0. The molecule has 0 aromatic carbocycles. The average Bonchev–Trinajstić information content (AvgIpc) is 0.722. The highest BCUT2D eigenvalue weighted by Gasteiger charge is 1.96. The third-order valence-corrected chi connectivity index (χ3v) is 3.00. The first-order valence-corrected chi connectivity index (χ1v) is 3.46. The van der Waals surface area contributed by atoms with E-state index in [1.54, 1.807) is 0 Å². The summed E-state index contributed by atoms with van der Waals surface area (Å²) in [5.74, 6) is 0. The molecule has 2 nitrogen and oxygen atoms in total. The maximum absolute atomic E-state index is 4.78. The molecule has 8 heavy (non-hydrogen) atoms. The molecule has 1 aliphatic heterocycles. The first kappa shape index (κ1) is 23.8. The predicted octanol–water partition coefficient (Wildman–Crippen LogP) is 0.575. The van der Waals surface area contributed by atoms with Crippen molar-refractivity contribution in [3.63, 3.8) is 0 Å². The zero-order chi connectivity index (χ0) is 2.83. The van der Waals surface area contributed by atoms with Gasteiger partial charge in [0, 0.05) is 0 Å². The molecule has 0 bridgehead atoms. The van der Waals surface area contributed by atoms with Gasteiger partial charge in [-0.1, -0.05) is 29.7 Å². The van der Waals surface area contributed by atoms with Crippen LogP contribution in [-0.4, -0.2) is 20.0 Å². The fraction of sp³-hybridized carbons (Fsp3) is 1.00. The first-order valence-electron chi connectivity index (χ1n) is 1.15. The molecule has 0 aliphatic carbocycles. The van der Waals surface area contributed by atoms with Crippen LogP contribution in [0.4, 0.5) is 0 Å². The lowest BCUT2D eigenvalue weighted by Crippen LogP contribution is -2.23. The van der Waals surface area contributed by atoms with Crippen LogP contribution >= 0.6 is 0 Å². The first-order chi connectivity index (χ1) is 2.00. The van der Waals surface area contributed by atoms with Crippen molar-refractivity contribution in [2.75, 3.05) is 0 Å². The molecule has 1 saturated heterocycles. The summed E-state index contributed by atoms with van der Waals surface area (Å²) >= 11 is 0. The minimum Gasteiger partial charge on any atom is -0.425 e. The fourth-order valence-corrected chi connectivity index (χ4v) is 0.750. The molecule has 0 unspecified atom stereocenters. The molecule has 56 valence electrons. The van der Waals surface area contributed by atoms with Crippen LogP contribution in [0.3, 0.4) is 0 Å². The Morgan fingerprint density at radius 3 is 0.750 bits per heavy atom. The second kappa shape index (κ2) is 15.7. The average molecular weight is 156 g/mol. The van der Waals surface area contributed by atoms with E-state index in [4.69, 9.17) is 8.23 Å². The zero-order valence-electron chi connectivity index (χ0n) is 2.23. The van der Waals surface area contributed by atoms with Gasteiger partial charge in [-0.25, -0.2) is 0 Å². The van der Waals surface area contributed by atoms with Crippen LogP contribution in [0.15, 0.2) is 0 Å². The second-order valence-electron chi connectivity index (χ2n) is 0.644. The fourth-order valence-electron chi connectivity index (χ4n) is 0.0833. The van der Waals surface area contributed by atoms with Crippen LogP contribution in [0, 0.1) is 0 Å². The van der Waals surface area contributed by atoms with E-state index in [0.717, 1.165) is 0 Å². The lowest BCUT2D eigenvalue weighted by atomic mass is 12.0. The lowest BCUT2D eigenvalue weighted by molar-refractivity contribution is 0.346. The molecule has 0 aromatic rings. The molecule has 0 aromatic heterocycles. The molecule has 0 spiro atoms. The summed E-state index contributed by atoms with van der Waals surface area (Å²) in [7, 11) is -0.667. The van der Waals surface area contributed by atoms with Gasteiger partial charge in [-0.05, 0) is 0 Å². The van der Waals surface area contributed by atoms with Gasteiger partial charge in [0.15, 0.2) is 0 Å². The van der Waals surface area contributed by atoms with Crippen LogP contribution in [0.5, 0.6) is 0 Å². The largest absolute Gasteiger partial charge is 0.425 e. The Bertz CT molecular complexity index is 20.0. The topological polar surface area (TPSA) is 18.5 Å². The second-order valence-corrected chi connectivity index (χ2v) is 4.38. The zero-order valence-corrected chi connectivity index (χ0v) is 5.06. The van der Waals surface area contributed by atoms with Crippen LogP contribution < -0.4 is 0 Å². The summed E-state index contributed by atoms with van der Waals surface area (Å²) < 4.78 is 9.56. The van der Waals surface area contributed by atoms with Gasteiger partial charge in [-0.2, -0.15) is 0 Å². The van der Waals surface area contributed by atoms with Crippen molar-refractivity contribution < 1.29 is 8.23 Å². The SMILES string of the molecule is C.C.C.C.O1[SiH2]O[SiH2]1. The summed E-state index contributed by atoms with van der Waals surface area (Å²) in [6, 6.07) is 0. The maximum Gasteiger partial charge on any atom is 0.286 e. The van der Waals surface area contributed by atoms with E-state index in [0.29, 0.717) is 0 Å². The minimum atomic E-state index is -0.333. The summed E-state index contributed by atoms with van der Waals surface area (Å²) in [5.41, 5.74) is 0. The molecule has 1 rings (SSSR count). The Labute approximate surface area is 58.7 Å². The summed E-state index contributed by atoms with van der Waals surface area (Å²) in [6.07, 6.45) is 0. The van der Waals surface area contributed by atoms with Crippen molar-refractivity contribution in [2.24, 2.45) is 0 Å². The molecule has 0 atom stereocenters. The van der Waals surface area contributed by atoms with E-state index < -0.39 is 0 Å². The number of hydrogen-bond donors (Lipinski definition) is 0. The van der Waals surface area contributed by atoms with Gasteiger partial charge >= 0.3 is 0 Å². The molecule has 1 fully saturated rings. The van der Waals surface area contributed by atoms with E-state index in [1.807, 2.05) is 0 Å². The Hall–Kier alpha value is 0.354. The highest BCUT2D eigenvalue weighted by atomic mass is 28.4. The Morgan fingerprint density at radius 2 is 0.750 bits per heavy atom. The monoisotopic (exact) mass is 156 g/mol. The van der Waals surface area contributed by atoms with Crippen LogP contribution in [0.25, 0.3) is 0 Å². The van der Waals surface area contributed by atoms with Gasteiger partial charge in [0.1, 0.15) is 0 Å². The van der Waals surface area contributed by atoms with Gasteiger partial charge in [0.2, 0.25) is 0 Å². The van der Waals surface area contributed by atoms with E-state index >= 15 is 0 Å². The third kappa shape index (κ3) is 9.61. The quantitative estimate of drug-likeness (QED) is 0.478. The summed E-state index contributed by atoms with van der Waals surface area (Å²) in [5, 5.41) is 0. The van der Waals surface area contributed by atoms with Crippen molar-refractivity contribution in [3.05, 3.63) is 0 Å². The van der Waals surface area contributed by atoms with Crippen LogP contribution in [0.2, 0.25) is 0 Å². The number of hydrogen-bond acceptors (Lipinski definition) is 2. The van der Waals surface area contributed by atoms with Gasteiger partial charge < -0.3 is 8.23 Å². The van der Waals surface area contributed by atoms with Gasteiger partial charge in [0.05, 0.1) is 0 Å². The van der Waals surface area contributed by atoms with E-state index in [1.165, 1.54) is 0 Å². The Kier molecular flexibility index (Phi) is 46.7. The lowest BCUT2D eigenvalue weighted by Gasteiger charge is -2.10. The molecule has 1 heterocycles. The Balaban J connectivity index is -0.0000000200. The summed E-state index contributed by atoms with van der Waals surface area (Å²) in [4.78, 5) is 0. The van der Waals surface area contributed by atoms with Crippen molar-refractivity contribution in [1.82, 2.24) is 0 Å². The smallest absolute Gasteiger partial charge is 0.286 e. The van der Waals surface area contributed by atoms with Crippen LogP contribution in [0.1, 0.15) is 29.7 Å². The summed E-state index contributed by atoms with van der Waals surface area (Å²) in [6.45, 7) is 0. The standard InChI is InChI=1S/4CH4.H4O2Si2/c;;;;1-3-2-4-1/h4*1H4;3-4H2. The molecular formula is C4H20O2Si2. The normalized spacial score (nSPS) is 18.0. The van der Waals surface area contributed by atoms with Crippen molar-refractivity contribution in [3.8, 4) is 0 Å². The van der Waals surface area contributed by atoms with E-state index in [9.17, 15) is 0 Å². The predicted molar refractivity (Wildman–Crippen MR) is 46.2 cm³/mol. The van der Waals surface area contributed by atoms with Crippen molar-refractivity contribution >= 4 is 20.0 Å². The molecule has 4 heteroatoms. The van der Waals surface area contributed by atoms with Crippen molar-refractivity contribution in [1.29, 1.82) is 0 Å². The van der Waals surface area contributed by atoms with Crippen LogP contribution in [-0.2, 0) is 8.23 Å². The number of rotatable bonds is 0. The molecule has 0 radical (unpaired) electrons. The maximum atomic E-state index is 4.78. The highest BCUT2D eigenvalue weighted by Crippen LogP contribution is 1.78. The Morgan fingerprint density at radius 1 is 0.625 bits per heavy atom. The molecular weight excluding hydrogens is 136 g/mol. The highest BCUT2D eigenvalue weighted by molar-refractivity contribution is 6.49.